The molecule has 2 nitrogen and oxygen atoms in total. The molecule has 1 saturated heterocycles. The van der Waals surface area contributed by atoms with Crippen LogP contribution in [-0.2, 0) is 4.74 Å². The Labute approximate surface area is 41.4 Å². The Morgan fingerprint density at radius 1 is 2.00 bits per heavy atom. The molecular formula is C3H5ClNO. The predicted molar refractivity (Wildman–Crippen MR) is 23.0 cm³/mol. The van der Waals surface area contributed by atoms with Gasteiger partial charge in [0, 0.05) is 0 Å². The molecule has 1 atom stereocenters. The fraction of sp³-hybridized carbons (Fsp3) is 0.667. The molecule has 0 spiro atoms. The van der Waals surface area contributed by atoms with E-state index in [4.69, 9.17) is 11.6 Å². The molecule has 6 heavy (non-hydrogen) atoms. The first-order valence-corrected chi connectivity index (χ1v) is 2.16. The minimum absolute atomic E-state index is 0.00926. The van der Waals surface area contributed by atoms with Crippen molar-refractivity contribution >= 4 is 11.6 Å². The Morgan fingerprint density at radius 3 is 3.00 bits per heavy atom. The topological polar surface area (TPSA) is 21.3 Å². The van der Waals surface area contributed by atoms with Crippen molar-refractivity contribution in [3.05, 3.63) is 6.73 Å². The molecule has 0 amide bonds. The second-order valence-corrected chi connectivity index (χ2v) is 1.61. The Balaban J connectivity index is 2.18. The molecule has 1 rings (SSSR count). The lowest BCUT2D eigenvalue weighted by atomic mass is 10.7. The molecule has 0 bridgehead atoms. The first kappa shape index (κ1) is 4.37. The fourth-order valence-corrected chi connectivity index (χ4v) is 0.427. The average Bonchev–Trinajstić information content (AvgIpc) is 1.86. The third-order valence-corrected chi connectivity index (χ3v) is 0.827. The van der Waals surface area contributed by atoms with Crippen LogP contribution in [0.3, 0.4) is 0 Å². The number of rotatable bonds is 0. The van der Waals surface area contributed by atoms with Gasteiger partial charge >= 0.3 is 0 Å². The molecule has 0 aromatic carbocycles. The van der Waals surface area contributed by atoms with Gasteiger partial charge in [0.1, 0.15) is 12.2 Å². The molecule has 1 radical (unpaired) electrons. The molecule has 0 aliphatic carbocycles. The molecule has 1 heterocycles. The fourth-order valence-electron chi connectivity index (χ4n) is 0.303. The van der Waals surface area contributed by atoms with Crippen molar-refractivity contribution in [1.29, 1.82) is 0 Å². The van der Waals surface area contributed by atoms with Crippen molar-refractivity contribution in [2.75, 3.05) is 6.61 Å². The highest BCUT2D eigenvalue weighted by Gasteiger charge is 2.09. The number of hydrogen-bond donors (Lipinski definition) is 1. The zero-order valence-electron chi connectivity index (χ0n) is 3.15. The highest BCUT2D eigenvalue weighted by atomic mass is 35.5. The lowest BCUT2D eigenvalue weighted by Gasteiger charge is -1.88. The maximum Gasteiger partial charge on any atom is 0.149 e. The molecule has 1 aliphatic rings. The minimum atomic E-state index is -0.00926. The molecule has 3 heteroatoms. The lowest BCUT2D eigenvalue weighted by molar-refractivity contribution is 0.253. The number of hydrogen-bond acceptors (Lipinski definition) is 2. The van der Waals surface area contributed by atoms with E-state index >= 15 is 0 Å². The van der Waals surface area contributed by atoms with Gasteiger partial charge in [0.2, 0.25) is 0 Å². The van der Waals surface area contributed by atoms with Crippen molar-refractivity contribution in [1.82, 2.24) is 5.32 Å². The van der Waals surface area contributed by atoms with Gasteiger partial charge in [0.05, 0.1) is 6.61 Å². The summed E-state index contributed by atoms with van der Waals surface area (Å²) in [5.41, 5.74) is -0.00926. The highest BCUT2D eigenvalue weighted by Crippen LogP contribution is 1.99. The Kier molecular flexibility index (Phi) is 1.29. The highest BCUT2D eigenvalue weighted by molar-refractivity contribution is 6.20. The first-order valence-electron chi connectivity index (χ1n) is 1.73. The van der Waals surface area contributed by atoms with E-state index < -0.39 is 0 Å². The molecular weight excluding hydrogens is 101 g/mol. The number of ether oxygens (including phenoxy) is 1. The summed E-state index contributed by atoms with van der Waals surface area (Å²) in [6, 6.07) is 0. The largest absolute Gasteiger partial charge is 0.356 e. The van der Waals surface area contributed by atoms with Crippen LogP contribution in [-0.4, -0.2) is 12.1 Å². The van der Waals surface area contributed by atoms with Gasteiger partial charge in [0.15, 0.2) is 0 Å². The van der Waals surface area contributed by atoms with Crippen molar-refractivity contribution in [3.63, 3.8) is 0 Å². The van der Waals surface area contributed by atoms with Crippen molar-refractivity contribution in [2.45, 2.75) is 5.50 Å². The molecule has 1 fully saturated rings. The van der Waals surface area contributed by atoms with Crippen LogP contribution in [0.4, 0.5) is 0 Å². The normalized spacial score (nSPS) is 34.5. The van der Waals surface area contributed by atoms with Gasteiger partial charge in [-0.1, -0.05) is 0 Å². The van der Waals surface area contributed by atoms with Gasteiger partial charge in [-0.05, 0) is 0 Å². The van der Waals surface area contributed by atoms with Crippen LogP contribution in [0.5, 0.6) is 0 Å². The summed E-state index contributed by atoms with van der Waals surface area (Å²) in [7, 11) is 0. The van der Waals surface area contributed by atoms with Gasteiger partial charge in [-0.25, -0.2) is 0 Å². The van der Waals surface area contributed by atoms with Crippen LogP contribution >= 0.6 is 11.6 Å². The maximum atomic E-state index is 5.44. The number of alkyl halides is 1. The van der Waals surface area contributed by atoms with Crippen LogP contribution in [0.25, 0.3) is 0 Å². The van der Waals surface area contributed by atoms with Crippen molar-refractivity contribution < 1.29 is 4.74 Å². The minimum Gasteiger partial charge on any atom is -0.356 e. The maximum absolute atomic E-state index is 5.44. The first-order chi connectivity index (χ1) is 2.89. The summed E-state index contributed by atoms with van der Waals surface area (Å²) >= 11 is 5.44. The molecule has 0 saturated carbocycles. The monoisotopic (exact) mass is 106 g/mol. The van der Waals surface area contributed by atoms with Crippen LogP contribution in [0, 0.1) is 6.73 Å². The summed E-state index contributed by atoms with van der Waals surface area (Å²) in [6.07, 6.45) is 0. The van der Waals surface area contributed by atoms with E-state index in [2.05, 4.69) is 10.1 Å². The van der Waals surface area contributed by atoms with E-state index in [1.165, 1.54) is 6.73 Å². The number of nitrogens with one attached hydrogen (secondary N) is 1. The van der Waals surface area contributed by atoms with Gasteiger partial charge in [-0.15, -0.1) is 11.6 Å². The summed E-state index contributed by atoms with van der Waals surface area (Å²) in [4.78, 5) is 0. The summed E-state index contributed by atoms with van der Waals surface area (Å²) in [6.45, 7) is 2.08. The third kappa shape index (κ3) is 0.834. The van der Waals surface area contributed by atoms with Gasteiger partial charge in [-0.2, -0.15) is 0 Å². The van der Waals surface area contributed by atoms with E-state index in [1.54, 1.807) is 0 Å². The van der Waals surface area contributed by atoms with E-state index in [9.17, 15) is 0 Å². The molecule has 35 valence electrons. The lowest BCUT2D eigenvalue weighted by Crippen LogP contribution is -2.12. The van der Waals surface area contributed by atoms with E-state index in [-0.39, 0.29) is 5.50 Å². The summed E-state index contributed by atoms with van der Waals surface area (Å²) in [5, 5.41) is 2.74. The molecule has 1 unspecified atom stereocenters. The number of halogens is 1. The van der Waals surface area contributed by atoms with Gasteiger partial charge in [0.25, 0.3) is 0 Å². The standard InChI is InChI=1S/C3H5ClNO/c4-3-1-6-2-5-3/h2-3,5H,1H2. The van der Waals surface area contributed by atoms with Gasteiger partial charge < -0.3 is 4.74 Å². The second kappa shape index (κ2) is 1.78. The Bertz CT molecular complexity index is 44.1. The average molecular weight is 107 g/mol. The SMILES string of the molecule is ClC1CO[CH]N1. The van der Waals surface area contributed by atoms with E-state index in [0.717, 1.165) is 0 Å². The van der Waals surface area contributed by atoms with Crippen LogP contribution in [0.15, 0.2) is 0 Å². The summed E-state index contributed by atoms with van der Waals surface area (Å²) < 4.78 is 4.69. The smallest absolute Gasteiger partial charge is 0.149 e. The molecule has 0 aromatic heterocycles. The zero-order valence-corrected chi connectivity index (χ0v) is 3.90. The quantitative estimate of drug-likeness (QED) is 0.354. The van der Waals surface area contributed by atoms with Crippen molar-refractivity contribution in [2.24, 2.45) is 0 Å². The summed E-state index contributed by atoms with van der Waals surface area (Å²) in [5.74, 6) is 0. The molecule has 1 aliphatic heterocycles. The predicted octanol–water partition coefficient (Wildman–Crippen LogP) is 0.290. The molecule has 1 N–H and O–H groups in total. The van der Waals surface area contributed by atoms with E-state index in [1.807, 2.05) is 0 Å². The van der Waals surface area contributed by atoms with Crippen LogP contribution in [0.1, 0.15) is 0 Å². The second-order valence-electron chi connectivity index (χ2n) is 1.09. The Morgan fingerprint density at radius 2 is 2.83 bits per heavy atom. The van der Waals surface area contributed by atoms with Gasteiger partial charge in [-0.3, -0.25) is 5.32 Å². The van der Waals surface area contributed by atoms with Crippen LogP contribution < -0.4 is 5.32 Å². The Hall–Kier alpha value is 0.210. The van der Waals surface area contributed by atoms with Crippen molar-refractivity contribution in [3.8, 4) is 0 Å². The third-order valence-electron chi connectivity index (χ3n) is 0.575. The zero-order chi connectivity index (χ0) is 4.41. The van der Waals surface area contributed by atoms with Crippen LogP contribution in [0.2, 0.25) is 0 Å². The van der Waals surface area contributed by atoms with E-state index in [0.29, 0.717) is 6.61 Å². The molecule has 0 aromatic rings.